The lowest BCUT2D eigenvalue weighted by molar-refractivity contribution is 1.08. The predicted octanol–water partition coefficient (Wildman–Crippen LogP) is 11.7. The molecule has 6 aromatic carbocycles. The van der Waals surface area contributed by atoms with E-state index in [2.05, 4.69) is 155 Å². The molecule has 0 unspecified atom stereocenters. The van der Waals surface area contributed by atoms with E-state index in [1.54, 1.807) is 0 Å². The highest BCUT2D eigenvalue weighted by Crippen LogP contribution is 2.39. The molecule has 0 atom stereocenters. The molecule has 4 aromatic heterocycles. The molecule has 4 nitrogen and oxygen atoms in total. The van der Waals surface area contributed by atoms with E-state index in [1.165, 1.54) is 32.3 Å². The predicted molar refractivity (Wildman–Crippen MR) is 203 cm³/mol. The molecule has 0 amide bonds. The van der Waals surface area contributed by atoms with E-state index in [9.17, 15) is 0 Å². The number of hydrogen-bond donors (Lipinski definition) is 0. The topological polar surface area (TPSA) is 35.6 Å². The van der Waals surface area contributed by atoms with Crippen molar-refractivity contribution in [2.24, 2.45) is 0 Å². The Balaban J connectivity index is 0.00000154. The van der Waals surface area contributed by atoms with Crippen LogP contribution in [0.25, 0.3) is 88.2 Å². The number of benzene rings is 6. The lowest BCUT2D eigenvalue weighted by Gasteiger charge is -2.10. The SMILES string of the molecule is CC.c1ccc(-c2cccc(-n3c4ccccc4c4cc5cc6c7ccccc7n(-c7ccc8ccccc8n7)c6cc5cc43)n2)cc1. The second kappa shape index (κ2) is 11.2. The molecule has 0 N–H and O–H groups in total. The summed E-state index contributed by atoms with van der Waals surface area (Å²) >= 11 is 0. The first-order valence-corrected chi connectivity index (χ1v) is 16.6. The van der Waals surface area contributed by atoms with Crippen LogP contribution in [0.2, 0.25) is 0 Å². The molecule has 0 saturated carbocycles. The van der Waals surface area contributed by atoms with Crippen molar-refractivity contribution in [2.75, 3.05) is 0 Å². The van der Waals surface area contributed by atoms with E-state index >= 15 is 0 Å². The van der Waals surface area contributed by atoms with Gasteiger partial charge in [0.1, 0.15) is 11.6 Å². The number of nitrogens with zero attached hydrogens (tertiary/aromatic N) is 4. The van der Waals surface area contributed by atoms with E-state index in [0.29, 0.717) is 0 Å². The molecule has 10 aromatic rings. The van der Waals surface area contributed by atoms with Crippen molar-refractivity contribution in [3.05, 3.63) is 158 Å². The first kappa shape index (κ1) is 28.0. The van der Waals surface area contributed by atoms with Crippen LogP contribution in [0.3, 0.4) is 0 Å². The molecule has 0 aliphatic rings. The Morgan fingerprint density at radius 1 is 0.375 bits per heavy atom. The fourth-order valence-electron chi connectivity index (χ4n) is 7.17. The molecule has 0 fully saturated rings. The number of hydrogen-bond acceptors (Lipinski definition) is 2. The first-order valence-electron chi connectivity index (χ1n) is 16.6. The normalized spacial score (nSPS) is 11.5. The summed E-state index contributed by atoms with van der Waals surface area (Å²) in [7, 11) is 0. The number of aromatic nitrogens is 4. The van der Waals surface area contributed by atoms with Crippen LogP contribution in [0.1, 0.15) is 13.8 Å². The third-order valence-corrected chi connectivity index (χ3v) is 9.27. The molecule has 228 valence electrons. The maximum atomic E-state index is 5.17. The van der Waals surface area contributed by atoms with Crippen molar-refractivity contribution in [3.8, 4) is 22.9 Å². The van der Waals surface area contributed by atoms with Crippen molar-refractivity contribution in [1.29, 1.82) is 0 Å². The molecule has 4 heterocycles. The monoisotopic (exact) mass is 616 g/mol. The summed E-state index contributed by atoms with van der Waals surface area (Å²) < 4.78 is 4.61. The van der Waals surface area contributed by atoms with Gasteiger partial charge in [0.25, 0.3) is 0 Å². The molecule has 0 aliphatic carbocycles. The Bertz CT molecular complexity index is 2810. The molecule has 10 rings (SSSR count). The highest BCUT2D eigenvalue weighted by molar-refractivity contribution is 6.18. The van der Waals surface area contributed by atoms with Crippen molar-refractivity contribution in [3.63, 3.8) is 0 Å². The van der Waals surface area contributed by atoms with Crippen molar-refractivity contribution < 1.29 is 0 Å². The lowest BCUT2D eigenvalue weighted by atomic mass is 10.0. The molecule has 0 aliphatic heterocycles. The van der Waals surface area contributed by atoms with Gasteiger partial charge in [-0.2, -0.15) is 0 Å². The minimum Gasteiger partial charge on any atom is -0.294 e. The van der Waals surface area contributed by atoms with Gasteiger partial charge < -0.3 is 0 Å². The fraction of sp³-hybridized carbons (Fsp3) is 0.0455. The Morgan fingerprint density at radius 3 is 1.62 bits per heavy atom. The van der Waals surface area contributed by atoms with Crippen LogP contribution in [-0.2, 0) is 0 Å². The number of pyridine rings is 2. The summed E-state index contributed by atoms with van der Waals surface area (Å²) in [5, 5.41) is 8.40. The molecular weight excluding hydrogens is 585 g/mol. The lowest BCUT2D eigenvalue weighted by Crippen LogP contribution is -1.98. The van der Waals surface area contributed by atoms with Gasteiger partial charge in [-0.05, 0) is 77.5 Å². The number of fused-ring (bicyclic) bond motifs is 8. The summed E-state index contributed by atoms with van der Waals surface area (Å²) in [6.07, 6.45) is 0. The molecule has 0 saturated heterocycles. The van der Waals surface area contributed by atoms with Gasteiger partial charge in [0, 0.05) is 32.5 Å². The van der Waals surface area contributed by atoms with E-state index in [1.807, 2.05) is 26.0 Å². The second-order valence-electron chi connectivity index (χ2n) is 11.9. The Hall–Kier alpha value is -6.26. The van der Waals surface area contributed by atoms with Gasteiger partial charge in [-0.1, -0.05) is 105 Å². The largest absolute Gasteiger partial charge is 0.294 e. The average Bonchev–Trinajstić information content (AvgIpc) is 3.65. The summed E-state index contributed by atoms with van der Waals surface area (Å²) in [6, 6.07) is 55.9. The first-order chi connectivity index (χ1) is 23.8. The zero-order valence-electron chi connectivity index (χ0n) is 26.8. The zero-order chi connectivity index (χ0) is 32.2. The Morgan fingerprint density at radius 2 is 0.938 bits per heavy atom. The molecular formula is C44H32N4. The number of rotatable bonds is 3. The third-order valence-electron chi connectivity index (χ3n) is 9.27. The number of para-hydroxylation sites is 3. The van der Waals surface area contributed by atoms with Gasteiger partial charge in [0.15, 0.2) is 0 Å². The summed E-state index contributed by atoms with van der Waals surface area (Å²) in [5.41, 5.74) is 7.62. The van der Waals surface area contributed by atoms with Crippen LogP contribution in [0.15, 0.2) is 158 Å². The van der Waals surface area contributed by atoms with Gasteiger partial charge in [-0.15, -0.1) is 0 Å². The van der Waals surface area contributed by atoms with Crippen molar-refractivity contribution in [2.45, 2.75) is 13.8 Å². The van der Waals surface area contributed by atoms with Crippen LogP contribution in [0.5, 0.6) is 0 Å². The van der Waals surface area contributed by atoms with E-state index < -0.39 is 0 Å². The van der Waals surface area contributed by atoms with Crippen LogP contribution >= 0.6 is 0 Å². The van der Waals surface area contributed by atoms with Crippen molar-refractivity contribution >= 4 is 65.3 Å². The van der Waals surface area contributed by atoms with Gasteiger partial charge >= 0.3 is 0 Å². The van der Waals surface area contributed by atoms with Crippen LogP contribution in [0.4, 0.5) is 0 Å². The van der Waals surface area contributed by atoms with Gasteiger partial charge in [0.2, 0.25) is 0 Å². The maximum absolute atomic E-state index is 5.17. The van der Waals surface area contributed by atoms with Crippen LogP contribution in [-0.4, -0.2) is 19.1 Å². The van der Waals surface area contributed by atoms with E-state index in [4.69, 9.17) is 9.97 Å². The fourth-order valence-corrected chi connectivity index (χ4v) is 7.17. The zero-order valence-corrected chi connectivity index (χ0v) is 26.8. The second-order valence-corrected chi connectivity index (χ2v) is 11.9. The average molecular weight is 617 g/mol. The van der Waals surface area contributed by atoms with Gasteiger partial charge in [-0.3, -0.25) is 9.13 Å². The van der Waals surface area contributed by atoms with E-state index in [-0.39, 0.29) is 0 Å². The molecule has 0 bridgehead atoms. The molecule has 0 radical (unpaired) electrons. The smallest absolute Gasteiger partial charge is 0.138 e. The van der Waals surface area contributed by atoms with Gasteiger partial charge in [0.05, 0.1) is 33.3 Å². The highest BCUT2D eigenvalue weighted by atomic mass is 15.1. The standard InChI is InChI=1S/C42H26N4.C2H6/c1-2-11-27(12-3-1)36-17-10-20-41(43-36)45-37-18-8-5-14-31(37)33-23-29-24-34-32-15-6-9-19-38(32)46(40(34)26-30(29)25-39(33)45)42-22-21-28-13-4-7-16-35(28)44-42;1-2/h1-26H;1-2H3. The minimum atomic E-state index is 0.905. The Kier molecular flexibility index (Phi) is 6.54. The molecule has 48 heavy (non-hydrogen) atoms. The summed E-state index contributed by atoms with van der Waals surface area (Å²) in [5.74, 6) is 1.82. The van der Waals surface area contributed by atoms with Crippen molar-refractivity contribution in [1.82, 2.24) is 19.1 Å². The summed E-state index contributed by atoms with van der Waals surface area (Å²) in [4.78, 5) is 10.3. The van der Waals surface area contributed by atoms with Gasteiger partial charge in [-0.25, -0.2) is 9.97 Å². The highest BCUT2D eigenvalue weighted by Gasteiger charge is 2.18. The summed E-state index contributed by atoms with van der Waals surface area (Å²) in [6.45, 7) is 4.00. The van der Waals surface area contributed by atoms with Crippen LogP contribution < -0.4 is 0 Å². The molecule has 4 heteroatoms. The Labute approximate surface area is 278 Å². The van der Waals surface area contributed by atoms with E-state index in [0.717, 1.165) is 55.9 Å². The third kappa shape index (κ3) is 4.30. The minimum absolute atomic E-state index is 0.905. The quantitative estimate of drug-likeness (QED) is 0.198. The van der Waals surface area contributed by atoms with Crippen LogP contribution in [0, 0.1) is 0 Å². The maximum Gasteiger partial charge on any atom is 0.138 e. The molecule has 0 spiro atoms.